The van der Waals surface area contributed by atoms with E-state index in [1.54, 1.807) is 0 Å². The maximum atomic E-state index is 13.3. The topological polar surface area (TPSA) is 108 Å². The number of sulfonamides is 1. The second-order valence-electron chi connectivity index (χ2n) is 8.69. The van der Waals surface area contributed by atoms with Crippen LogP contribution >= 0.6 is 0 Å². The molecule has 0 unspecified atom stereocenters. The highest BCUT2D eigenvalue weighted by atomic mass is 32.2. The standard InChI is InChI=1S/C20H22F3N3O4S/c21-20(22,23)13-1-2-16(26-31(28,29)14-10-30-11-14)15(9-13)17(27)25-19-6-3-18(12-24,4-7-19)5-8-19/h1-2,9,14,26H,3-8,10-11H2,(H,25,27). The highest BCUT2D eigenvalue weighted by molar-refractivity contribution is 7.93. The number of benzene rings is 1. The Morgan fingerprint density at radius 2 is 1.74 bits per heavy atom. The predicted octanol–water partition coefficient (Wildman–Crippen LogP) is 3.19. The molecule has 0 radical (unpaired) electrons. The van der Waals surface area contributed by atoms with Crippen LogP contribution in [0.25, 0.3) is 0 Å². The number of fused-ring (bicyclic) bond motifs is 3. The van der Waals surface area contributed by atoms with Crippen molar-refractivity contribution >= 4 is 21.6 Å². The van der Waals surface area contributed by atoms with Gasteiger partial charge in [-0.15, -0.1) is 0 Å². The number of rotatable bonds is 5. The smallest absolute Gasteiger partial charge is 0.378 e. The lowest BCUT2D eigenvalue weighted by atomic mass is 9.58. The van der Waals surface area contributed by atoms with Gasteiger partial charge < -0.3 is 10.1 Å². The molecule has 7 nitrogen and oxygen atoms in total. The van der Waals surface area contributed by atoms with Gasteiger partial charge >= 0.3 is 6.18 Å². The lowest BCUT2D eigenvalue weighted by Crippen LogP contribution is -2.56. The summed E-state index contributed by atoms with van der Waals surface area (Å²) in [5.41, 5.74) is -2.60. The molecule has 1 aromatic carbocycles. The van der Waals surface area contributed by atoms with Crippen molar-refractivity contribution in [1.82, 2.24) is 5.32 Å². The van der Waals surface area contributed by atoms with Gasteiger partial charge in [0.05, 0.1) is 41.5 Å². The van der Waals surface area contributed by atoms with Crippen molar-refractivity contribution in [2.45, 2.75) is 55.5 Å². The number of anilines is 1. The summed E-state index contributed by atoms with van der Waals surface area (Å²) in [5, 5.41) is 11.5. The van der Waals surface area contributed by atoms with Gasteiger partial charge in [-0.3, -0.25) is 9.52 Å². The van der Waals surface area contributed by atoms with E-state index in [4.69, 9.17) is 4.74 Å². The predicted molar refractivity (Wildman–Crippen MR) is 105 cm³/mol. The average molecular weight is 457 g/mol. The van der Waals surface area contributed by atoms with Gasteiger partial charge in [-0.05, 0) is 56.7 Å². The second kappa shape index (κ2) is 7.38. The Balaban J connectivity index is 1.62. The molecule has 168 valence electrons. The molecule has 1 aliphatic heterocycles. The van der Waals surface area contributed by atoms with Crippen LogP contribution in [0.15, 0.2) is 18.2 Å². The Kier molecular flexibility index (Phi) is 5.21. The minimum absolute atomic E-state index is 0.0126. The van der Waals surface area contributed by atoms with Crippen molar-refractivity contribution in [2.24, 2.45) is 5.41 Å². The van der Waals surface area contributed by atoms with Gasteiger partial charge in [0.25, 0.3) is 5.91 Å². The molecule has 5 rings (SSSR count). The van der Waals surface area contributed by atoms with Crippen LogP contribution < -0.4 is 10.0 Å². The maximum Gasteiger partial charge on any atom is 0.416 e. The molecule has 1 aromatic rings. The van der Waals surface area contributed by atoms with Gasteiger partial charge in [0, 0.05) is 5.54 Å². The van der Waals surface area contributed by atoms with Crippen LogP contribution in [0.3, 0.4) is 0 Å². The first-order chi connectivity index (χ1) is 14.5. The fraction of sp³-hybridized carbons (Fsp3) is 0.600. The van der Waals surface area contributed by atoms with Gasteiger partial charge in [0.2, 0.25) is 10.0 Å². The van der Waals surface area contributed by atoms with Crippen LogP contribution in [-0.4, -0.2) is 38.3 Å². The van der Waals surface area contributed by atoms with E-state index in [0.717, 1.165) is 12.1 Å². The Labute approximate surface area is 178 Å². The fourth-order valence-electron chi connectivity index (χ4n) is 4.48. The molecule has 1 amide bonds. The number of nitrogens with zero attached hydrogens (tertiary/aromatic N) is 1. The number of carbonyl (C=O) groups is 1. The number of alkyl halides is 3. The van der Waals surface area contributed by atoms with E-state index in [-0.39, 0.29) is 29.9 Å². The monoisotopic (exact) mass is 457 g/mol. The normalized spacial score (nSPS) is 28.5. The third-order valence-electron chi connectivity index (χ3n) is 6.75. The summed E-state index contributed by atoms with van der Waals surface area (Å²) in [4.78, 5) is 13.1. The third-order valence-corrected chi connectivity index (χ3v) is 8.41. The van der Waals surface area contributed by atoms with Crippen LogP contribution in [-0.2, 0) is 20.9 Å². The molecular formula is C20H22F3N3O4S. The molecule has 1 saturated heterocycles. The minimum Gasteiger partial charge on any atom is -0.378 e. The Hall–Kier alpha value is -2.32. The molecular weight excluding hydrogens is 435 g/mol. The summed E-state index contributed by atoms with van der Waals surface area (Å²) in [6.07, 6.45) is -1.15. The summed E-state index contributed by atoms with van der Waals surface area (Å²) < 4.78 is 71.8. The Bertz CT molecular complexity index is 1020. The average Bonchev–Trinajstić information content (AvgIpc) is 2.66. The summed E-state index contributed by atoms with van der Waals surface area (Å²) in [6, 6.07) is 4.75. The highest BCUT2D eigenvalue weighted by Crippen LogP contribution is 2.52. The number of nitriles is 1. The minimum atomic E-state index is -4.69. The third kappa shape index (κ3) is 4.11. The molecule has 4 aliphatic rings. The molecule has 0 aromatic heterocycles. The Morgan fingerprint density at radius 3 is 2.23 bits per heavy atom. The van der Waals surface area contributed by atoms with Gasteiger partial charge in [-0.1, -0.05) is 0 Å². The van der Waals surface area contributed by atoms with E-state index in [2.05, 4.69) is 16.1 Å². The second-order valence-corrected chi connectivity index (χ2v) is 10.7. The molecule has 3 saturated carbocycles. The van der Waals surface area contributed by atoms with Crippen LogP contribution in [0.2, 0.25) is 0 Å². The quantitative estimate of drug-likeness (QED) is 0.706. The molecule has 4 fully saturated rings. The number of nitrogens with one attached hydrogen (secondary N) is 2. The van der Waals surface area contributed by atoms with Crippen LogP contribution in [0.1, 0.15) is 54.4 Å². The van der Waals surface area contributed by atoms with Crippen molar-refractivity contribution < 1.29 is 31.1 Å². The van der Waals surface area contributed by atoms with E-state index in [9.17, 15) is 31.6 Å². The molecule has 2 bridgehead atoms. The van der Waals surface area contributed by atoms with Crippen LogP contribution in [0, 0.1) is 16.7 Å². The number of hydrogen-bond acceptors (Lipinski definition) is 5. The number of amides is 1. The van der Waals surface area contributed by atoms with Crippen molar-refractivity contribution in [2.75, 3.05) is 17.9 Å². The van der Waals surface area contributed by atoms with E-state index in [0.29, 0.717) is 44.6 Å². The van der Waals surface area contributed by atoms with E-state index in [1.165, 1.54) is 0 Å². The van der Waals surface area contributed by atoms with Crippen molar-refractivity contribution in [3.8, 4) is 6.07 Å². The molecule has 31 heavy (non-hydrogen) atoms. The molecule has 0 spiro atoms. The lowest BCUT2D eigenvalue weighted by molar-refractivity contribution is -0.137. The van der Waals surface area contributed by atoms with Crippen molar-refractivity contribution in [1.29, 1.82) is 5.26 Å². The van der Waals surface area contributed by atoms with Gasteiger partial charge in [0.1, 0.15) is 5.25 Å². The first kappa shape index (κ1) is 21.9. The maximum absolute atomic E-state index is 13.3. The molecule has 0 atom stereocenters. The van der Waals surface area contributed by atoms with Crippen LogP contribution in [0.4, 0.5) is 18.9 Å². The zero-order valence-corrected chi connectivity index (χ0v) is 17.4. The van der Waals surface area contributed by atoms with Crippen molar-refractivity contribution in [3.63, 3.8) is 0 Å². The van der Waals surface area contributed by atoms with Crippen LogP contribution in [0.5, 0.6) is 0 Å². The summed E-state index contributed by atoms with van der Waals surface area (Å²) in [6.45, 7) is -0.0253. The molecule has 3 aliphatic carbocycles. The molecule has 11 heteroatoms. The lowest BCUT2D eigenvalue weighted by Gasteiger charge is -2.50. The molecule has 1 heterocycles. The van der Waals surface area contributed by atoms with E-state index >= 15 is 0 Å². The number of carbonyl (C=O) groups excluding carboxylic acids is 1. The fourth-order valence-corrected chi connectivity index (χ4v) is 5.68. The summed E-state index contributed by atoms with van der Waals surface area (Å²) in [7, 11) is -3.91. The first-order valence-electron chi connectivity index (χ1n) is 10.0. The zero-order valence-electron chi connectivity index (χ0n) is 16.6. The summed E-state index contributed by atoms with van der Waals surface area (Å²) in [5.74, 6) is -0.764. The van der Waals surface area contributed by atoms with Gasteiger partial charge in [-0.25, -0.2) is 8.42 Å². The largest absolute Gasteiger partial charge is 0.416 e. The number of ether oxygens (including phenoxy) is 1. The van der Waals surface area contributed by atoms with E-state index in [1.807, 2.05) is 0 Å². The molecule has 2 N–H and O–H groups in total. The SMILES string of the molecule is N#CC12CCC(NC(=O)c3cc(C(F)(F)F)ccc3NS(=O)(=O)C3COC3)(CC1)CC2. The summed E-state index contributed by atoms with van der Waals surface area (Å²) >= 11 is 0. The van der Waals surface area contributed by atoms with Crippen molar-refractivity contribution in [3.05, 3.63) is 29.3 Å². The van der Waals surface area contributed by atoms with E-state index < -0.39 is 38.5 Å². The number of halogens is 3. The van der Waals surface area contributed by atoms with Gasteiger partial charge in [0.15, 0.2) is 0 Å². The highest BCUT2D eigenvalue weighted by Gasteiger charge is 2.49. The first-order valence-corrected chi connectivity index (χ1v) is 11.6. The Morgan fingerprint density at radius 1 is 1.13 bits per heavy atom. The zero-order chi connectivity index (χ0) is 22.5. The van der Waals surface area contributed by atoms with Gasteiger partial charge in [-0.2, -0.15) is 18.4 Å². The number of hydrogen-bond donors (Lipinski definition) is 2.